The maximum atomic E-state index is 2.49. The molecule has 6 heteroatoms. The quantitative estimate of drug-likeness (QED) is 0.144. The van der Waals surface area contributed by atoms with Gasteiger partial charge in [0.15, 0.2) is 0 Å². The van der Waals surface area contributed by atoms with Gasteiger partial charge in [0.25, 0.3) is 0 Å². The van der Waals surface area contributed by atoms with Crippen molar-refractivity contribution in [2.75, 3.05) is 0 Å². The molecular formula is C96H60N4S2. The molecule has 0 saturated heterocycles. The van der Waals surface area contributed by atoms with Crippen molar-refractivity contribution < 1.29 is 0 Å². The van der Waals surface area contributed by atoms with Crippen LogP contribution in [0.5, 0.6) is 0 Å². The van der Waals surface area contributed by atoms with Crippen LogP contribution in [0.2, 0.25) is 0 Å². The van der Waals surface area contributed by atoms with Crippen LogP contribution in [0.3, 0.4) is 0 Å². The highest BCUT2D eigenvalue weighted by molar-refractivity contribution is 7.27. The maximum absolute atomic E-state index is 2.49. The summed E-state index contributed by atoms with van der Waals surface area (Å²) in [6.07, 6.45) is 0. The summed E-state index contributed by atoms with van der Waals surface area (Å²) in [6, 6.07) is 133. The molecule has 22 rings (SSSR count). The molecule has 6 aromatic heterocycles. The summed E-state index contributed by atoms with van der Waals surface area (Å²) in [4.78, 5) is 0. The average Bonchev–Trinajstić information content (AvgIpc) is 1.55. The van der Waals surface area contributed by atoms with Crippen molar-refractivity contribution in [2.24, 2.45) is 0 Å². The molecule has 22 aromatic rings. The molecule has 6 heterocycles. The minimum Gasteiger partial charge on any atom is -0.309 e. The van der Waals surface area contributed by atoms with E-state index in [4.69, 9.17) is 0 Å². The van der Waals surface area contributed by atoms with Gasteiger partial charge in [0.1, 0.15) is 0 Å². The molecule has 0 atom stereocenters. The number of thiophene rings is 2. The Morgan fingerprint density at radius 3 is 0.961 bits per heavy atom. The van der Waals surface area contributed by atoms with Crippen molar-refractivity contribution >= 4 is 150 Å². The van der Waals surface area contributed by atoms with Crippen LogP contribution < -0.4 is 0 Å². The number of rotatable bonds is 8. The van der Waals surface area contributed by atoms with E-state index in [9.17, 15) is 0 Å². The molecule has 0 aliphatic heterocycles. The van der Waals surface area contributed by atoms with Gasteiger partial charge in [0.05, 0.1) is 53.5 Å². The average molecular weight is 1330 g/mol. The topological polar surface area (TPSA) is 19.7 Å². The van der Waals surface area contributed by atoms with Gasteiger partial charge in [-0.15, -0.1) is 22.7 Å². The van der Waals surface area contributed by atoms with E-state index in [1.165, 1.54) is 183 Å². The highest BCUT2D eigenvalue weighted by atomic mass is 32.1. The molecular weight excluding hydrogens is 1270 g/mol. The van der Waals surface area contributed by atoms with Crippen molar-refractivity contribution in [3.8, 4) is 67.3 Å². The molecule has 0 N–H and O–H groups in total. The van der Waals surface area contributed by atoms with E-state index < -0.39 is 0 Å². The minimum atomic E-state index is 1.15. The van der Waals surface area contributed by atoms with Crippen LogP contribution in [-0.2, 0) is 0 Å². The fourth-order valence-corrected chi connectivity index (χ4v) is 18.8. The molecule has 102 heavy (non-hydrogen) atoms. The minimum absolute atomic E-state index is 1.15. The number of aromatic nitrogens is 4. The highest BCUT2D eigenvalue weighted by Gasteiger charge is 2.24. The van der Waals surface area contributed by atoms with Gasteiger partial charge >= 0.3 is 0 Å². The van der Waals surface area contributed by atoms with Gasteiger partial charge in [0, 0.05) is 96.8 Å². The third-order valence-electron chi connectivity index (χ3n) is 21.0. The van der Waals surface area contributed by atoms with E-state index in [2.05, 4.69) is 382 Å². The Morgan fingerprint density at radius 1 is 0.157 bits per heavy atom. The predicted octanol–water partition coefficient (Wildman–Crippen LogP) is 27.2. The Balaban J connectivity index is 0.000000133. The monoisotopic (exact) mass is 1330 g/mol. The number of benzene rings is 16. The van der Waals surface area contributed by atoms with Crippen molar-refractivity contribution in [1.82, 2.24) is 18.3 Å². The molecule has 0 saturated carbocycles. The third kappa shape index (κ3) is 9.20. The predicted molar refractivity (Wildman–Crippen MR) is 438 cm³/mol. The van der Waals surface area contributed by atoms with E-state index in [-0.39, 0.29) is 0 Å². The molecule has 0 fully saturated rings. The molecule has 16 aromatic carbocycles. The van der Waals surface area contributed by atoms with Crippen molar-refractivity contribution in [3.05, 3.63) is 364 Å². The summed E-state index contributed by atoms with van der Waals surface area (Å²) in [5, 5.41) is 15.4. The van der Waals surface area contributed by atoms with Crippen LogP contribution in [0.15, 0.2) is 364 Å². The SMILES string of the molecule is c1ccc(-c2ccc(-c3cccc(-n4c5ccccc5c5cc6c7ccc8c9ccccc9sc8c7n(-c7ccccc7)c6cc54)c3)cc2)cc1.c1ccc(-c2cccc(-c3ccc(-n4c5ccccc5c5cc6c7ccc8c9ccccc9sc8c7n(-c7ccccc7)c6cc54)cc3)c2)cc1. The van der Waals surface area contributed by atoms with E-state index >= 15 is 0 Å². The Bertz CT molecular complexity index is 7070. The van der Waals surface area contributed by atoms with Crippen LogP contribution in [0.1, 0.15) is 0 Å². The normalized spacial score (nSPS) is 11.9. The van der Waals surface area contributed by atoms with Crippen molar-refractivity contribution in [2.45, 2.75) is 0 Å². The Labute approximate surface area is 595 Å². The molecule has 0 aliphatic rings. The van der Waals surface area contributed by atoms with Crippen LogP contribution >= 0.6 is 22.7 Å². The zero-order chi connectivity index (χ0) is 66.9. The van der Waals surface area contributed by atoms with E-state index in [0.29, 0.717) is 0 Å². The smallest absolute Gasteiger partial charge is 0.0719 e. The fourth-order valence-electron chi connectivity index (χ4n) is 16.3. The number of nitrogens with zero attached hydrogens (tertiary/aromatic N) is 4. The van der Waals surface area contributed by atoms with Crippen LogP contribution in [0, 0.1) is 0 Å². The summed E-state index contributed by atoms with van der Waals surface area (Å²) in [7, 11) is 0. The lowest BCUT2D eigenvalue weighted by molar-refractivity contribution is 1.17. The molecule has 0 aliphatic carbocycles. The summed E-state index contributed by atoms with van der Waals surface area (Å²) < 4.78 is 15.2. The third-order valence-corrected chi connectivity index (χ3v) is 23.4. The first kappa shape index (κ1) is 58.2. The lowest BCUT2D eigenvalue weighted by Crippen LogP contribution is -1.96. The second kappa shape index (κ2) is 23.4. The number of hydrogen-bond donors (Lipinski definition) is 0. The van der Waals surface area contributed by atoms with Gasteiger partial charge in [-0.1, -0.05) is 261 Å². The highest BCUT2D eigenvalue weighted by Crippen LogP contribution is 2.48. The largest absolute Gasteiger partial charge is 0.309 e. The molecule has 0 radical (unpaired) electrons. The standard InChI is InChI=1S/2C48H30N2S/c1-3-12-31(13-4-1)33-14-11-15-34(28-33)32-22-24-36(25-23-32)49-43-20-9-7-18-37(43)41-29-42-39-26-27-40-38-19-8-10-21-46(38)51-48(40)47(39)50(45(42)30-44(41)49)35-16-5-2-6-17-35;1-3-12-31(13-4-1)32-22-24-33(25-23-32)34-14-11-17-36(28-34)49-43-20-9-7-18-37(43)41-29-42-39-26-27-40-38-19-8-10-21-46(38)51-48(40)47(39)50(45(42)30-44(41)49)35-15-5-2-6-16-35/h2*1-30H. The Kier molecular flexibility index (Phi) is 13.3. The summed E-state index contributed by atoms with van der Waals surface area (Å²) >= 11 is 3.79. The lowest BCUT2D eigenvalue weighted by Gasteiger charge is -2.12. The molecule has 4 nitrogen and oxygen atoms in total. The molecule has 0 bridgehead atoms. The van der Waals surface area contributed by atoms with Crippen LogP contribution in [-0.4, -0.2) is 18.3 Å². The second-order valence-corrected chi connectivity index (χ2v) is 28.8. The van der Waals surface area contributed by atoms with E-state index in [1.54, 1.807) is 0 Å². The van der Waals surface area contributed by atoms with E-state index in [0.717, 1.165) is 11.4 Å². The fraction of sp³-hybridized carbons (Fsp3) is 0. The number of fused-ring (bicyclic) bond motifs is 20. The van der Waals surface area contributed by atoms with Crippen LogP contribution in [0.4, 0.5) is 0 Å². The molecule has 0 amide bonds. The van der Waals surface area contributed by atoms with Gasteiger partial charge in [-0.25, -0.2) is 0 Å². The van der Waals surface area contributed by atoms with Crippen LogP contribution in [0.25, 0.3) is 195 Å². The first-order chi connectivity index (χ1) is 50.6. The van der Waals surface area contributed by atoms with Gasteiger partial charge in [-0.2, -0.15) is 0 Å². The first-order valence-electron chi connectivity index (χ1n) is 34.9. The van der Waals surface area contributed by atoms with Gasteiger partial charge in [-0.05, 0) is 148 Å². The van der Waals surface area contributed by atoms with E-state index in [1.807, 2.05) is 22.7 Å². The summed E-state index contributed by atoms with van der Waals surface area (Å²) in [5.74, 6) is 0. The zero-order valence-corrected chi connectivity index (χ0v) is 56.9. The molecule has 0 unspecified atom stereocenters. The van der Waals surface area contributed by atoms with Crippen molar-refractivity contribution in [1.29, 1.82) is 0 Å². The van der Waals surface area contributed by atoms with Gasteiger partial charge < -0.3 is 18.3 Å². The zero-order valence-electron chi connectivity index (χ0n) is 55.2. The summed E-state index contributed by atoms with van der Waals surface area (Å²) in [6.45, 7) is 0. The first-order valence-corrected chi connectivity index (χ1v) is 36.5. The Hall–Kier alpha value is -12.8. The number of para-hydroxylation sites is 4. The van der Waals surface area contributed by atoms with Gasteiger partial charge in [0.2, 0.25) is 0 Å². The molecule has 0 spiro atoms. The van der Waals surface area contributed by atoms with Crippen molar-refractivity contribution in [3.63, 3.8) is 0 Å². The summed E-state index contributed by atoms with van der Waals surface area (Å²) in [5.41, 5.74) is 24.2. The van der Waals surface area contributed by atoms with Gasteiger partial charge in [-0.3, -0.25) is 0 Å². The second-order valence-electron chi connectivity index (χ2n) is 26.7. The maximum Gasteiger partial charge on any atom is 0.0719 e. The lowest BCUT2D eigenvalue weighted by atomic mass is 9.99. The number of hydrogen-bond acceptors (Lipinski definition) is 2. The molecule has 476 valence electrons. The Morgan fingerprint density at radius 2 is 0.471 bits per heavy atom.